The number of aliphatic hydroxyl groups is 1. The van der Waals surface area contributed by atoms with E-state index in [0.29, 0.717) is 23.0 Å². The third-order valence-electron chi connectivity index (χ3n) is 4.44. The van der Waals surface area contributed by atoms with Crippen LogP contribution < -0.4 is 4.74 Å². The van der Waals surface area contributed by atoms with Crippen LogP contribution in [0.4, 0.5) is 22.0 Å². The number of imidazole rings is 1. The van der Waals surface area contributed by atoms with Gasteiger partial charge in [0, 0.05) is 11.6 Å². The molecule has 0 bridgehead atoms. The van der Waals surface area contributed by atoms with Crippen LogP contribution in [0.5, 0.6) is 5.88 Å². The summed E-state index contributed by atoms with van der Waals surface area (Å²) < 4.78 is 75.4. The van der Waals surface area contributed by atoms with E-state index in [1.165, 1.54) is 19.2 Å². The highest BCUT2D eigenvalue weighted by Crippen LogP contribution is 2.38. The average molecular weight is 427 g/mol. The number of ether oxygens (including phenoxy) is 1. The van der Waals surface area contributed by atoms with Crippen molar-refractivity contribution in [3.63, 3.8) is 0 Å². The highest BCUT2D eigenvalue weighted by atomic mass is 19.4. The average Bonchev–Trinajstić information content (AvgIpc) is 3.10. The quantitative estimate of drug-likeness (QED) is 0.580. The van der Waals surface area contributed by atoms with Crippen molar-refractivity contribution in [2.75, 3.05) is 7.11 Å². The maximum absolute atomic E-state index is 14.4. The molecule has 0 radical (unpaired) electrons. The van der Waals surface area contributed by atoms with E-state index in [-0.39, 0.29) is 17.1 Å². The first-order valence-electron chi connectivity index (χ1n) is 8.99. The lowest BCUT2D eigenvalue weighted by molar-refractivity contribution is -0.143. The van der Waals surface area contributed by atoms with E-state index in [1.807, 2.05) is 6.92 Å². The molecule has 0 atom stereocenters. The van der Waals surface area contributed by atoms with Gasteiger partial charge < -0.3 is 9.84 Å². The molecule has 0 spiro atoms. The van der Waals surface area contributed by atoms with Gasteiger partial charge in [-0.05, 0) is 18.1 Å². The summed E-state index contributed by atoms with van der Waals surface area (Å²) in [4.78, 5) is 7.55. The molecule has 2 heterocycles. The van der Waals surface area contributed by atoms with E-state index in [0.717, 1.165) is 18.3 Å². The van der Waals surface area contributed by atoms with E-state index < -0.39 is 41.7 Å². The van der Waals surface area contributed by atoms with Crippen molar-refractivity contribution >= 4 is 0 Å². The largest absolute Gasteiger partial charge is 0.479 e. The first-order chi connectivity index (χ1) is 14.2. The van der Waals surface area contributed by atoms with Gasteiger partial charge >= 0.3 is 6.18 Å². The highest BCUT2D eigenvalue weighted by molar-refractivity contribution is 5.62. The van der Waals surface area contributed by atoms with Gasteiger partial charge in [-0.3, -0.25) is 4.57 Å². The van der Waals surface area contributed by atoms with Crippen molar-refractivity contribution in [2.45, 2.75) is 32.5 Å². The number of methoxy groups -OCH3 is 1. The fourth-order valence-corrected chi connectivity index (χ4v) is 3.16. The zero-order valence-corrected chi connectivity index (χ0v) is 16.1. The fourth-order valence-electron chi connectivity index (χ4n) is 3.16. The van der Waals surface area contributed by atoms with E-state index >= 15 is 0 Å². The molecule has 10 heteroatoms. The Bertz CT molecular complexity index is 1060. The smallest absolute Gasteiger partial charge is 0.433 e. The van der Waals surface area contributed by atoms with Crippen LogP contribution in [0.3, 0.4) is 0 Å². The summed E-state index contributed by atoms with van der Waals surface area (Å²) in [7, 11) is 1.17. The Morgan fingerprint density at radius 1 is 1.13 bits per heavy atom. The monoisotopic (exact) mass is 427 g/mol. The molecule has 0 fully saturated rings. The molecule has 0 aliphatic carbocycles. The number of nitrogens with zero attached hydrogens (tertiary/aromatic N) is 3. The second kappa shape index (κ2) is 8.39. The second-order valence-corrected chi connectivity index (χ2v) is 6.46. The Hall–Kier alpha value is -3.01. The van der Waals surface area contributed by atoms with Gasteiger partial charge in [0.2, 0.25) is 5.88 Å². The number of halogens is 5. The molecule has 2 aromatic heterocycles. The maximum Gasteiger partial charge on any atom is 0.433 e. The minimum absolute atomic E-state index is 0.0359. The highest BCUT2D eigenvalue weighted by Gasteiger charge is 2.40. The predicted octanol–water partition coefficient (Wildman–Crippen LogP) is 4.68. The van der Waals surface area contributed by atoms with E-state index in [9.17, 15) is 27.1 Å². The summed E-state index contributed by atoms with van der Waals surface area (Å²) in [6, 6.07) is 4.76. The molecule has 1 aromatic carbocycles. The zero-order valence-electron chi connectivity index (χ0n) is 16.1. The lowest BCUT2D eigenvalue weighted by Crippen LogP contribution is -2.16. The van der Waals surface area contributed by atoms with Crippen LogP contribution in [0.1, 0.15) is 30.3 Å². The molecule has 0 unspecified atom stereocenters. The number of hydrogen-bond acceptors (Lipinski definition) is 4. The maximum atomic E-state index is 14.4. The summed E-state index contributed by atoms with van der Waals surface area (Å²) in [5.74, 6) is -2.29. The number of hydrogen-bond donors (Lipinski definition) is 1. The number of pyridine rings is 1. The van der Waals surface area contributed by atoms with Crippen molar-refractivity contribution in [3.8, 4) is 23.0 Å². The first kappa shape index (κ1) is 21.7. The van der Waals surface area contributed by atoms with Crippen molar-refractivity contribution in [3.05, 3.63) is 59.0 Å². The van der Waals surface area contributed by atoms with Crippen molar-refractivity contribution in [1.29, 1.82) is 0 Å². The van der Waals surface area contributed by atoms with Gasteiger partial charge in [0.25, 0.3) is 0 Å². The second-order valence-electron chi connectivity index (χ2n) is 6.46. The van der Waals surface area contributed by atoms with Crippen LogP contribution in [0, 0.1) is 11.6 Å². The van der Waals surface area contributed by atoms with Gasteiger partial charge in [-0.1, -0.05) is 25.5 Å². The Morgan fingerprint density at radius 3 is 2.40 bits per heavy atom. The fraction of sp³-hybridized carbons (Fsp3) is 0.300. The normalized spacial score (nSPS) is 11.7. The first-order valence-corrected chi connectivity index (χ1v) is 8.99. The van der Waals surface area contributed by atoms with Crippen molar-refractivity contribution in [2.24, 2.45) is 0 Å². The van der Waals surface area contributed by atoms with Crippen molar-refractivity contribution in [1.82, 2.24) is 14.5 Å². The lowest BCUT2D eigenvalue weighted by atomic mass is 10.1. The third-order valence-corrected chi connectivity index (χ3v) is 4.44. The Morgan fingerprint density at radius 2 is 1.87 bits per heavy atom. The molecular weight excluding hydrogens is 409 g/mol. The lowest BCUT2D eigenvalue weighted by Gasteiger charge is -2.15. The topological polar surface area (TPSA) is 60.2 Å². The summed E-state index contributed by atoms with van der Waals surface area (Å²) in [5.41, 5.74) is -1.83. The number of aliphatic hydroxyl groups excluding tert-OH is 1. The van der Waals surface area contributed by atoms with E-state index in [2.05, 4.69) is 9.97 Å². The van der Waals surface area contributed by atoms with Gasteiger partial charge in [0.15, 0.2) is 11.5 Å². The standard InChI is InChI=1S/C20H18F5N3O2/c1-3-4-11-5-6-12(7-14(11)21)18-27-16(10-29)17(20(23,24)25)28(18)13-8-15(22)19(30-2)26-9-13/h5-9,29H,3-4,10H2,1-2H3. The molecule has 30 heavy (non-hydrogen) atoms. The summed E-state index contributed by atoms with van der Waals surface area (Å²) in [5, 5.41) is 9.46. The van der Waals surface area contributed by atoms with Gasteiger partial charge in [0.05, 0.1) is 31.3 Å². The molecule has 5 nitrogen and oxygen atoms in total. The third kappa shape index (κ3) is 4.00. The molecule has 0 aliphatic heterocycles. The van der Waals surface area contributed by atoms with Crippen LogP contribution in [0.25, 0.3) is 17.1 Å². The van der Waals surface area contributed by atoms with Crippen LogP contribution in [-0.2, 0) is 19.2 Å². The SMILES string of the molecule is CCCc1ccc(-c2nc(CO)c(C(F)(F)F)n2-c2cnc(OC)c(F)c2)cc1F. The van der Waals surface area contributed by atoms with Crippen LogP contribution >= 0.6 is 0 Å². The van der Waals surface area contributed by atoms with Gasteiger partial charge in [-0.2, -0.15) is 13.2 Å². The molecule has 0 saturated heterocycles. The Labute approximate surface area is 168 Å². The number of rotatable bonds is 6. The summed E-state index contributed by atoms with van der Waals surface area (Å²) in [6.45, 7) is 0.853. The number of alkyl halides is 3. The molecule has 3 rings (SSSR count). The predicted molar refractivity (Wildman–Crippen MR) is 98.2 cm³/mol. The molecular formula is C20H18F5N3O2. The number of benzene rings is 1. The minimum Gasteiger partial charge on any atom is -0.479 e. The van der Waals surface area contributed by atoms with Gasteiger partial charge in [0.1, 0.15) is 11.6 Å². The minimum atomic E-state index is -4.93. The van der Waals surface area contributed by atoms with Crippen LogP contribution in [-0.4, -0.2) is 26.8 Å². The van der Waals surface area contributed by atoms with Crippen molar-refractivity contribution < 1.29 is 31.8 Å². The zero-order chi connectivity index (χ0) is 22.1. The number of aryl methyl sites for hydroxylation is 1. The molecule has 1 N–H and O–H groups in total. The van der Waals surface area contributed by atoms with Gasteiger partial charge in [-0.15, -0.1) is 0 Å². The molecule has 3 aromatic rings. The summed E-state index contributed by atoms with van der Waals surface area (Å²) >= 11 is 0. The Balaban J connectivity index is 2.30. The molecule has 160 valence electrons. The molecule has 0 saturated carbocycles. The van der Waals surface area contributed by atoms with Crippen LogP contribution in [0.2, 0.25) is 0 Å². The van der Waals surface area contributed by atoms with Crippen LogP contribution in [0.15, 0.2) is 30.5 Å². The molecule has 0 aliphatic rings. The number of aromatic nitrogens is 3. The molecule has 0 amide bonds. The van der Waals surface area contributed by atoms with E-state index in [4.69, 9.17) is 4.74 Å². The van der Waals surface area contributed by atoms with E-state index in [1.54, 1.807) is 0 Å². The van der Waals surface area contributed by atoms with Gasteiger partial charge in [-0.25, -0.2) is 18.7 Å². The summed E-state index contributed by atoms with van der Waals surface area (Å²) in [6.07, 6.45) is -2.80. The Kier molecular flexibility index (Phi) is 6.06.